The van der Waals surface area contributed by atoms with Gasteiger partial charge in [0.2, 0.25) is 0 Å². The number of hydrogen-bond acceptors (Lipinski definition) is 3. The van der Waals surface area contributed by atoms with E-state index in [2.05, 4.69) is 48.6 Å². The second-order valence-electron chi connectivity index (χ2n) is 3.93. The zero-order chi connectivity index (χ0) is 10.4. The smallest absolute Gasteiger partial charge is 0.0325 e. The second kappa shape index (κ2) is 6.17. The van der Waals surface area contributed by atoms with Gasteiger partial charge in [-0.2, -0.15) is 0 Å². The van der Waals surface area contributed by atoms with Gasteiger partial charge >= 0.3 is 0 Å². The van der Waals surface area contributed by atoms with Gasteiger partial charge in [0.05, 0.1) is 0 Å². The van der Waals surface area contributed by atoms with E-state index < -0.39 is 0 Å². The minimum Gasteiger partial charge on any atom is -0.313 e. The molecule has 1 N–H and O–H groups in total. The van der Waals surface area contributed by atoms with Crippen LogP contribution in [0.4, 0.5) is 0 Å². The zero-order valence-corrected chi connectivity index (χ0v) is 10.1. The molecule has 0 spiro atoms. The molecule has 1 heterocycles. The first-order valence-corrected chi connectivity index (χ1v) is 6.00. The third kappa shape index (κ3) is 4.74. The van der Waals surface area contributed by atoms with Crippen molar-refractivity contribution < 1.29 is 0 Å². The Balaban J connectivity index is 2.13. The molecule has 0 saturated carbocycles. The molecule has 80 valence electrons. The van der Waals surface area contributed by atoms with Crippen LogP contribution in [0.15, 0.2) is 17.5 Å². The summed E-state index contributed by atoms with van der Waals surface area (Å²) in [6.07, 6.45) is 0. The molecule has 0 radical (unpaired) electrons. The summed E-state index contributed by atoms with van der Waals surface area (Å²) in [5.74, 6) is 0. The lowest BCUT2D eigenvalue weighted by Crippen LogP contribution is -2.32. The lowest BCUT2D eigenvalue weighted by molar-refractivity contribution is 0.322. The first kappa shape index (κ1) is 11.7. The van der Waals surface area contributed by atoms with Crippen molar-refractivity contribution in [2.45, 2.75) is 26.4 Å². The molecule has 2 nitrogen and oxygen atoms in total. The fourth-order valence-corrected chi connectivity index (χ4v) is 2.08. The number of rotatable bonds is 6. The van der Waals surface area contributed by atoms with Gasteiger partial charge in [-0.1, -0.05) is 19.9 Å². The summed E-state index contributed by atoms with van der Waals surface area (Å²) in [7, 11) is 2.17. The van der Waals surface area contributed by atoms with Gasteiger partial charge in [0.1, 0.15) is 0 Å². The van der Waals surface area contributed by atoms with E-state index in [1.807, 2.05) is 11.3 Å². The summed E-state index contributed by atoms with van der Waals surface area (Å²) < 4.78 is 0. The molecule has 0 aromatic carbocycles. The molecule has 0 amide bonds. The molecule has 1 rings (SSSR count). The molecular formula is C11H20N2S. The summed E-state index contributed by atoms with van der Waals surface area (Å²) in [6, 6.07) is 4.89. The molecule has 1 aromatic heterocycles. The highest BCUT2D eigenvalue weighted by molar-refractivity contribution is 7.09. The van der Waals surface area contributed by atoms with Crippen LogP contribution >= 0.6 is 11.3 Å². The van der Waals surface area contributed by atoms with Crippen molar-refractivity contribution in [2.24, 2.45) is 0 Å². The fraction of sp³-hybridized carbons (Fsp3) is 0.636. The molecule has 0 fully saturated rings. The number of thiophene rings is 1. The van der Waals surface area contributed by atoms with Crippen molar-refractivity contribution in [1.82, 2.24) is 10.2 Å². The average Bonchev–Trinajstić information content (AvgIpc) is 2.56. The number of hydrogen-bond donors (Lipinski definition) is 1. The molecule has 3 heteroatoms. The van der Waals surface area contributed by atoms with E-state index in [0.29, 0.717) is 6.04 Å². The molecule has 0 aliphatic carbocycles. The first-order chi connectivity index (χ1) is 6.68. The van der Waals surface area contributed by atoms with Crippen LogP contribution in [-0.2, 0) is 6.54 Å². The SMILES string of the molecule is CC(C)NCCN(C)Cc1cccs1. The maximum absolute atomic E-state index is 3.42. The molecular weight excluding hydrogens is 192 g/mol. The predicted octanol–water partition coefficient (Wildman–Crippen LogP) is 2.18. The Kier molecular flexibility index (Phi) is 5.15. The maximum atomic E-state index is 3.42. The minimum absolute atomic E-state index is 0.588. The van der Waals surface area contributed by atoms with Crippen molar-refractivity contribution >= 4 is 11.3 Å². The Bertz CT molecular complexity index is 231. The van der Waals surface area contributed by atoms with E-state index in [4.69, 9.17) is 0 Å². The second-order valence-corrected chi connectivity index (χ2v) is 4.96. The standard InChI is InChI=1S/C11H20N2S/c1-10(2)12-6-7-13(3)9-11-5-4-8-14-11/h4-5,8,10,12H,6-7,9H2,1-3H3. The van der Waals surface area contributed by atoms with E-state index >= 15 is 0 Å². The molecule has 0 aliphatic heterocycles. The summed E-state index contributed by atoms with van der Waals surface area (Å²) in [4.78, 5) is 3.79. The molecule has 0 unspecified atom stereocenters. The Morgan fingerprint density at radius 2 is 2.29 bits per heavy atom. The van der Waals surface area contributed by atoms with Crippen LogP contribution < -0.4 is 5.32 Å². The quantitative estimate of drug-likeness (QED) is 0.777. The van der Waals surface area contributed by atoms with Crippen LogP contribution in [0.1, 0.15) is 18.7 Å². The highest BCUT2D eigenvalue weighted by atomic mass is 32.1. The molecule has 1 aromatic rings. The van der Waals surface area contributed by atoms with Crippen LogP contribution in [-0.4, -0.2) is 31.1 Å². The van der Waals surface area contributed by atoms with E-state index in [1.54, 1.807) is 0 Å². The van der Waals surface area contributed by atoms with Crippen molar-refractivity contribution in [1.29, 1.82) is 0 Å². The topological polar surface area (TPSA) is 15.3 Å². The molecule has 14 heavy (non-hydrogen) atoms. The number of nitrogens with zero attached hydrogens (tertiary/aromatic N) is 1. The van der Waals surface area contributed by atoms with Crippen LogP contribution in [0.25, 0.3) is 0 Å². The van der Waals surface area contributed by atoms with Gasteiger partial charge in [0, 0.05) is 30.6 Å². The van der Waals surface area contributed by atoms with Crippen LogP contribution in [0.5, 0.6) is 0 Å². The van der Waals surface area contributed by atoms with Crippen molar-refractivity contribution in [3.8, 4) is 0 Å². The Hall–Kier alpha value is -0.380. The highest BCUT2D eigenvalue weighted by Crippen LogP contribution is 2.10. The Labute approximate surface area is 90.9 Å². The van der Waals surface area contributed by atoms with Gasteiger partial charge in [-0.3, -0.25) is 0 Å². The third-order valence-corrected chi connectivity index (χ3v) is 2.91. The summed E-state index contributed by atoms with van der Waals surface area (Å²) >= 11 is 1.83. The summed E-state index contributed by atoms with van der Waals surface area (Å²) in [5.41, 5.74) is 0. The van der Waals surface area contributed by atoms with Gasteiger partial charge < -0.3 is 10.2 Å². The van der Waals surface area contributed by atoms with Gasteiger partial charge in [-0.05, 0) is 18.5 Å². The molecule has 0 aliphatic rings. The van der Waals surface area contributed by atoms with Gasteiger partial charge in [-0.15, -0.1) is 11.3 Å². The summed E-state index contributed by atoms with van der Waals surface area (Å²) in [5, 5.41) is 5.55. The number of likely N-dealkylation sites (N-methyl/N-ethyl adjacent to an activating group) is 1. The Morgan fingerprint density at radius 3 is 2.86 bits per heavy atom. The molecule has 0 saturated heterocycles. The van der Waals surface area contributed by atoms with Crippen LogP contribution in [0.3, 0.4) is 0 Å². The number of nitrogens with one attached hydrogen (secondary N) is 1. The monoisotopic (exact) mass is 212 g/mol. The third-order valence-electron chi connectivity index (χ3n) is 2.05. The van der Waals surface area contributed by atoms with Crippen LogP contribution in [0, 0.1) is 0 Å². The maximum Gasteiger partial charge on any atom is 0.0325 e. The van der Waals surface area contributed by atoms with E-state index in [9.17, 15) is 0 Å². The summed E-state index contributed by atoms with van der Waals surface area (Å²) in [6.45, 7) is 7.60. The average molecular weight is 212 g/mol. The van der Waals surface area contributed by atoms with E-state index in [0.717, 1.165) is 19.6 Å². The van der Waals surface area contributed by atoms with Gasteiger partial charge in [0.15, 0.2) is 0 Å². The molecule has 0 atom stereocenters. The largest absolute Gasteiger partial charge is 0.313 e. The van der Waals surface area contributed by atoms with Crippen molar-refractivity contribution in [3.63, 3.8) is 0 Å². The molecule has 0 bridgehead atoms. The van der Waals surface area contributed by atoms with Crippen molar-refractivity contribution in [3.05, 3.63) is 22.4 Å². The normalized spacial score (nSPS) is 11.5. The van der Waals surface area contributed by atoms with Crippen molar-refractivity contribution in [2.75, 3.05) is 20.1 Å². The highest BCUT2D eigenvalue weighted by Gasteiger charge is 2.00. The van der Waals surface area contributed by atoms with Gasteiger partial charge in [0.25, 0.3) is 0 Å². The van der Waals surface area contributed by atoms with Gasteiger partial charge in [-0.25, -0.2) is 0 Å². The van der Waals surface area contributed by atoms with E-state index in [-0.39, 0.29) is 0 Å². The van der Waals surface area contributed by atoms with Crippen LogP contribution in [0.2, 0.25) is 0 Å². The lowest BCUT2D eigenvalue weighted by Gasteiger charge is -2.16. The van der Waals surface area contributed by atoms with E-state index in [1.165, 1.54) is 4.88 Å². The predicted molar refractivity (Wildman–Crippen MR) is 63.8 cm³/mol. The zero-order valence-electron chi connectivity index (χ0n) is 9.29. The fourth-order valence-electron chi connectivity index (χ4n) is 1.29. The lowest BCUT2D eigenvalue weighted by atomic mass is 10.4. The minimum atomic E-state index is 0.588. The Morgan fingerprint density at radius 1 is 1.50 bits per heavy atom. The first-order valence-electron chi connectivity index (χ1n) is 5.13.